The third-order valence-electron chi connectivity index (χ3n) is 2.52. The van der Waals surface area contributed by atoms with Crippen LogP contribution in [0.5, 0.6) is 0 Å². The molecule has 0 radical (unpaired) electrons. The lowest BCUT2D eigenvalue weighted by Gasteiger charge is -2.07. The van der Waals surface area contributed by atoms with Gasteiger partial charge in [-0.25, -0.2) is 0 Å². The first-order valence-corrected chi connectivity index (χ1v) is 4.57. The van der Waals surface area contributed by atoms with Gasteiger partial charge in [-0.15, -0.1) is 0 Å². The van der Waals surface area contributed by atoms with E-state index < -0.39 is 0 Å². The molecule has 2 heterocycles. The van der Waals surface area contributed by atoms with Crippen LogP contribution in [0, 0.1) is 13.8 Å². The lowest BCUT2D eigenvalue weighted by molar-refractivity contribution is 0.494. The molecule has 1 aliphatic heterocycles. The van der Waals surface area contributed by atoms with Gasteiger partial charge in [0.25, 0.3) is 0 Å². The lowest BCUT2D eigenvalue weighted by atomic mass is 10.1. The van der Waals surface area contributed by atoms with E-state index in [0.29, 0.717) is 6.04 Å². The maximum absolute atomic E-state index is 5.49. The van der Waals surface area contributed by atoms with Gasteiger partial charge >= 0.3 is 0 Å². The predicted octanol–water partition coefficient (Wildman–Crippen LogP) is 2.32. The number of nitrogens with one attached hydrogen (secondary N) is 1. The van der Waals surface area contributed by atoms with Crippen LogP contribution in [0.4, 0.5) is 0 Å². The van der Waals surface area contributed by atoms with E-state index in [0.717, 1.165) is 18.1 Å². The highest BCUT2D eigenvalue weighted by molar-refractivity contribution is 5.24. The molecule has 0 bridgehead atoms. The zero-order valence-electron chi connectivity index (χ0n) is 7.68. The van der Waals surface area contributed by atoms with E-state index in [1.54, 1.807) is 0 Å². The summed E-state index contributed by atoms with van der Waals surface area (Å²) in [6.45, 7) is 5.20. The van der Waals surface area contributed by atoms with E-state index >= 15 is 0 Å². The Bertz CT molecular complexity index is 271. The van der Waals surface area contributed by atoms with Crippen molar-refractivity contribution in [2.24, 2.45) is 0 Å². The molecule has 66 valence electrons. The topological polar surface area (TPSA) is 25.2 Å². The second kappa shape index (κ2) is 2.94. The molecule has 0 amide bonds. The normalized spacial score (nSPS) is 23.3. The Balaban J connectivity index is 2.25. The van der Waals surface area contributed by atoms with Gasteiger partial charge in [0, 0.05) is 11.6 Å². The van der Waals surface area contributed by atoms with E-state index in [9.17, 15) is 0 Å². The number of furan rings is 1. The first-order valence-electron chi connectivity index (χ1n) is 4.57. The van der Waals surface area contributed by atoms with Gasteiger partial charge in [-0.2, -0.15) is 0 Å². The second-order valence-corrected chi connectivity index (χ2v) is 3.52. The molecule has 1 N–H and O–H groups in total. The standard InChI is InChI=1S/C10H15NO/c1-7-6-9(8(2)12-7)10-4-3-5-11-10/h6,10-11H,3-5H2,1-2H3. The maximum Gasteiger partial charge on any atom is 0.105 e. The van der Waals surface area contributed by atoms with Gasteiger partial charge in [-0.05, 0) is 39.3 Å². The molecule has 1 aromatic rings. The Hall–Kier alpha value is -0.760. The van der Waals surface area contributed by atoms with Gasteiger partial charge in [-0.1, -0.05) is 0 Å². The van der Waals surface area contributed by atoms with Gasteiger partial charge in [0.05, 0.1) is 0 Å². The molecule has 1 aromatic heterocycles. The van der Waals surface area contributed by atoms with E-state index in [1.165, 1.54) is 18.4 Å². The SMILES string of the molecule is Cc1cc(C2CCCN2)c(C)o1. The number of hydrogen-bond acceptors (Lipinski definition) is 2. The summed E-state index contributed by atoms with van der Waals surface area (Å²) in [5, 5.41) is 3.47. The van der Waals surface area contributed by atoms with Gasteiger partial charge in [0.15, 0.2) is 0 Å². The predicted molar refractivity (Wildman–Crippen MR) is 48.2 cm³/mol. The van der Waals surface area contributed by atoms with E-state index in [-0.39, 0.29) is 0 Å². The number of rotatable bonds is 1. The Labute approximate surface area is 73.0 Å². The van der Waals surface area contributed by atoms with Crippen LogP contribution in [0.3, 0.4) is 0 Å². The fourth-order valence-corrected chi connectivity index (χ4v) is 1.95. The van der Waals surface area contributed by atoms with Crippen molar-refractivity contribution in [3.63, 3.8) is 0 Å². The van der Waals surface area contributed by atoms with Crippen LogP contribution in [0.15, 0.2) is 10.5 Å². The molecule has 0 aliphatic carbocycles. The van der Waals surface area contributed by atoms with E-state index in [4.69, 9.17) is 4.42 Å². The van der Waals surface area contributed by atoms with E-state index in [2.05, 4.69) is 11.4 Å². The zero-order valence-corrected chi connectivity index (χ0v) is 7.68. The summed E-state index contributed by atoms with van der Waals surface area (Å²) in [5.41, 5.74) is 1.35. The highest BCUT2D eigenvalue weighted by Crippen LogP contribution is 2.27. The zero-order chi connectivity index (χ0) is 8.55. The molecular weight excluding hydrogens is 150 g/mol. The van der Waals surface area contributed by atoms with Crippen LogP contribution in [0.25, 0.3) is 0 Å². The smallest absolute Gasteiger partial charge is 0.105 e. The minimum absolute atomic E-state index is 0.544. The molecule has 0 aromatic carbocycles. The van der Waals surface area contributed by atoms with Gasteiger partial charge < -0.3 is 9.73 Å². The van der Waals surface area contributed by atoms with Crippen LogP contribution >= 0.6 is 0 Å². The maximum atomic E-state index is 5.49. The van der Waals surface area contributed by atoms with E-state index in [1.807, 2.05) is 13.8 Å². The Morgan fingerprint density at radius 3 is 2.83 bits per heavy atom. The average molecular weight is 165 g/mol. The second-order valence-electron chi connectivity index (χ2n) is 3.52. The van der Waals surface area contributed by atoms with Gasteiger partial charge in [-0.3, -0.25) is 0 Å². The molecule has 1 atom stereocenters. The molecule has 1 saturated heterocycles. The molecule has 1 fully saturated rings. The third kappa shape index (κ3) is 1.27. The fraction of sp³-hybridized carbons (Fsp3) is 0.600. The summed E-state index contributed by atoms with van der Waals surface area (Å²) in [6.07, 6.45) is 2.54. The Morgan fingerprint density at radius 2 is 2.33 bits per heavy atom. The van der Waals surface area contributed by atoms with Crippen molar-refractivity contribution < 1.29 is 4.42 Å². The van der Waals surface area contributed by atoms with Gasteiger partial charge in [0.2, 0.25) is 0 Å². The third-order valence-corrected chi connectivity index (χ3v) is 2.52. The first-order chi connectivity index (χ1) is 5.77. The van der Waals surface area contributed by atoms with Crippen molar-refractivity contribution in [2.45, 2.75) is 32.7 Å². The molecule has 12 heavy (non-hydrogen) atoms. The van der Waals surface area contributed by atoms with Crippen LogP contribution in [-0.2, 0) is 0 Å². The number of aryl methyl sites for hydroxylation is 2. The average Bonchev–Trinajstić information content (AvgIpc) is 2.58. The highest BCUT2D eigenvalue weighted by Gasteiger charge is 2.19. The molecule has 1 unspecified atom stereocenters. The Morgan fingerprint density at radius 1 is 1.50 bits per heavy atom. The molecule has 1 aliphatic rings. The van der Waals surface area contributed by atoms with Crippen molar-refractivity contribution in [2.75, 3.05) is 6.54 Å². The Kier molecular flexibility index (Phi) is 1.93. The van der Waals surface area contributed by atoms with Crippen molar-refractivity contribution in [1.82, 2.24) is 5.32 Å². The monoisotopic (exact) mass is 165 g/mol. The molecular formula is C10H15NO. The van der Waals surface area contributed by atoms with Crippen molar-refractivity contribution in [1.29, 1.82) is 0 Å². The van der Waals surface area contributed by atoms with Crippen molar-refractivity contribution in [3.8, 4) is 0 Å². The summed E-state index contributed by atoms with van der Waals surface area (Å²) in [5.74, 6) is 2.10. The molecule has 2 nitrogen and oxygen atoms in total. The van der Waals surface area contributed by atoms with Crippen LogP contribution in [0.1, 0.15) is 36.0 Å². The highest BCUT2D eigenvalue weighted by atomic mass is 16.3. The first kappa shape index (κ1) is 7.87. The van der Waals surface area contributed by atoms with Crippen LogP contribution in [0.2, 0.25) is 0 Å². The molecule has 0 spiro atoms. The summed E-state index contributed by atoms with van der Waals surface area (Å²) in [6, 6.07) is 2.70. The lowest BCUT2D eigenvalue weighted by Crippen LogP contribution is -2.12. The van der Waals surface area contributed by atoms with Crippen molar-refractivity contribution >= 4 is 0 Å². The van der Waals surface area contributed by atoms with Crippen molar-refractivity contribution in [3.05, 3.63) is 23.2 Å². The summed E-state index contributed by atoms with van der Waals surface area (Å²) in [7, 11) is 0. The van der Waals surface area contributed by atoms with Gasteiger partial charge in [0.1, 0.15) is 11.5 Å². The fourth-order valence-electron chi connectivity index (χ4n) is 1.95. The quantitative estimate of drug-likeness (QED) is 0.690. The largest absolute Gasteiger partial charge is 0.466 e. The molecule has 0 saturated carbocycles. The number of hydrogen-bond donors (Lipinski definition) is 1. The molecule has 2 heteroatoms. The van der Waals surface area contributed by atoms with Crippen LogP contribution in [-0.4, -0.2) is 6.54 Å². The summed E-state index contributed by atoms with van der Waals surface area (Å²) < 4.78 is 5.49. The minimum Gasteiger partial charge on any atom is -0.466 e. The molecule has 2 rings (SSSR count). The minimum atomic E-state index is 0.544. The summed E-state index contributed by atoms with van der Waals surface area (Å²) in [4.78, 5) is 0. The van der Waals surface area contributed by atoms with Crippen LogP contribution < -0.4 is 5.32 Å². The summed E-state index contributed by atoms with van der Waals surface area (Å²) >= 11 is 0.